The third kappa shape index (κ3) is 6.88. The van der Waals surface area contributed by atoms with Gasteiger partial charge in [0.05, 0.1) is 3.79 Å². The lowest BCUT2D eigenvalue weighted by molar-refractivity contribution is 0.273. The number of nitrogens with one attached hydrogen (secondary N) is 1. The van der Waals surface area contributed by atoms with Crippen molar-refractivity contribution >= 4 is 27.3 Å². The van der Waals surface area contributed by atoms with Gasteiger partial charge in [0, 0.05) is 13.1 Å². The number of thiophene rings is 1. The first-order valence-corrected chi connectivity index (χ1v) is 8.26. The number of halogens is 1. The standard InChI is InChI=1S/C14H25BrN2S/c1-11(2)6-16-7-12(3)8-17(4)9-13-5-14(15)18-10-13/h5,10-12,16H,6-9H2,1-4H3. The molecule has 1 atom stereocenters. The molecule has 0 aromatic carbocycles. The van der Waals surface area contributed by atoms with E-state index in [0.717, 1.165) is 32.1 Å². The van der Waals surface area contributed by atoms with Crippen molar-refractivity contribution in [3.63, 3.8) is 0 Å². The Kier molecular flexibility index (Phi) is 7.46. The Morgan fingerprint density at radius 1 is 1.33 bits per heavy atom. The van der Waals surface area contributed by atoms with Crippen LogP contribution in [0, 0.1) is 11.8 Å². The molecule has 2 nitrogen and oxygen atoms in total. The topological polar surface area (TPSA) is 15.3 Å². The van der Waals surface area contributed by atoms with Gasteiger partial charge in [-0.05, 0) is 64.9 Å². The summed E-state index contributed by atoms with van der Waals surface area (Å²) in [5.74, 6) is 1.42. The fourth-order valence-electron chi connectivity index (χ4n) is 2.02. The van der Waals surface area contributed by atoms with Crippen molar-refractivity contribution in [3.05, 3.63) is 20.8 Å². The summed E-state index contributed by atoms with van der Waals surface area (Å²) < 4.78 is 1.22. The maximum absolute atomic E-state index is 3.53. The molecule has 1 N–H and O–H groups in total. The monoisotopic (exact) mass is 332 g/mol. The molecule has 0 radical (unpaired) electrons. The quantitative estimate of drug-likeness (QED) is 0.778. The molecule has 0 aliphatic heterocycles. The van der Waals surface area contributed by atoms with Crippen LogP contribution >= 0.6 is 27.3 Å². The largest absolute Gasteiger partial charge is 0.316 e. The van der Waals surface area contributed by atoms with Gasteiger partial charge in [0.15, 0.2) is 0 Å². The maximum atomic E-state index is 3.53. The van der Waals surface area contributed by atoms with Gasteiger partial charge in [-0.1, -0.05) is 20.8 Å². The summed E-state index contributed by atoms with van der Waals surface area (Å²) in [6.07, 6.45) is 0. The molecule has 1 heterocycles. The van der Waals surface area contributed by atoms with E-state index in [-0.39, 0.29) is 0 Å². The van der Waals surface area contributed by atoms with Crippen LogP contribution in [0.4, 0.5) is 0 Å². The van der Waals surface area contributed by atoms with Gasteiger partial charge in [-0.15, -0.1) is 11.3 Å². The van der Waals surface area contributed by atoms with Crippen LogP contribution in [0.3, 0.4) is 0 Å². The molecule has 0 aliphatic carbocycles. The van der Waals surface area contributed by atoms with Gasteiger partial charge in [-0.3, -0.25) is 0 Å². The fraction of sp³-hybridized carbons (Fsp3) is 0.714. The SMILES string of the molecule is CC(C)CNCC(C)CN(C)Cc1csc(Br)c1. The average Bonchev–Trinajstić information content (AvgIpc) is 2.62. The van der Waals surface area contributed by atoms with Crippen molar-refractivity contribution in [2.24, 2.45) is 11.8 Å². The molecule has 0 fully saturated rings. The molecule has 0 saturated heterocycles. The van der Waals surface area contributed by atoms with Crippen LogP contribution in [-0.2, 0) is 6.54 Å². The Labute approximate surface area is 124 Å². The van der Waals surface area contributed by atoms with Crippen LogP contribution < -0.4 is 5.32 Å². The molecule has 1 unspecified atom stereocenters. The van der Waals surface area contributed by atoms with Crippen molar-refractivity contribution in [1.82, 2.24) is 10.2 Å². The molecule has 1 rings (SSSR count). The zero-order valence-corrected chi connectivity index (χ0v) is 14.3. The predicted molar refractivity (Wildman–Crippen MR) is 85.2 cm³/mol. The first kappa shape index (κ1) is 16.2. The number of hydrogen-bond donors (Lipinski definition) is 1. The number of nitrogens with zero attached hydrogens (tertiary/aromatic N) is 1. The van der Waals surface area contributed by atoms with Crippen LogP contribution in [0.5, 0.6) is 0 Å². The maximum Gasteiger partial charge on any atom is 0.0701 e. The molecule has 0 spiro atoms. The molecule has 0 saturated carbocycles. The van der Waals surface area contributed by atoms with Crippen molar-refractivity contribution in [3.8, 4) is 0 Å². The smallest absolute Gasteiger partial charge is 0.0701 e. The summed E-state index contributed by atoms with van der Waals surface area (Å²) in [4.78, 5) is 2.40. The second-order valence-corrected chi connectivity index (χ2v) is 7.90. The second-order valence-electron chi connectivity index (χ2n) is 5.61. The van der Waals surface area contributed by atoms with E-state index in [2.05, 4.69) is 65.4 Å². The highest BCUT2D eigenvalue weighted by Gasteiger charge is 2.08. The normalized spacial score (nSPS) is 13.5. The third-order valence-corrected chi connectivity index (χ3v) is 4.30. The van der Waals surface area contributed by atoms with E-state index in [0.29, 0.717) is 5.92 Å². The molecule has 104 valence electrons. The minimum absolute atomic E-state index is 0.691. The van der Waals surface area contributed by atoms with Gasteiger partial charge in [0.1, 0.15) is 0 Å². The molecule has 0 aliphatic rings. The summed E-state index contributed by atoms with van der Waals surface area (Å²) in [6.45, 7) is 11.2. The van der Waals surface area contributed by atoms with E-state index in [1.54, 1.807) is 11.3 Å². The van der Waals surface area contributed by atoms with E-state index >= 15 is 0 Å². The van der Waals surface area contributed by atoms with Crippen molar-refractivity contribution < 1.29 is 0 Å². The summed E-state index contributed by atoms with van der Waals surface area (Å²) in [5, 5.41) is 5.75. The Balaban J connectivity index is 2.20. The lowest BCUT2D eigenvalue weighted by Crippen LogP contribution is -2.32. The lowest BCUT2D eigenvalue weighted by atomic mass is 10.1. The van der Waals surface area contributed by atoms with E-state index in [1.807, 2.05) is 0 Å². The highest BCUT2D eigenvalue weighted by molar-refractivity contribution is 9.11. The third-order valence-electron chi connectivity index (χ3n) is 2.74. The molecule has 18 heavy (non-hydrogen) atoms. The van der Waals surface area contributed by atoms with E-state index < -0.39 is 0 Å². The molecule has 0 bridgehead atoms. The zero-order chi connectivity index (χ0) is 13.5. The summed E-state index contributed by atoms with van der Waals surface area (Å²) >= 11 is 5.27. The van der Waals surface area contributed by atoms with Crippen LogP contribution in [0.15, 0.2) is 15.2 Å². The fourth-order valence-corrected chi connectivity index (χ4v) is 3.22. The van der Waals surface area contributed by atoms with Crippen LogP contribution in [0.25, 0.3) is 0 Å². The van der Waals surface area contributed by atoms with Crippen molar-refractivity contribution in [2.45, 2.75) is 27.3 Å². The Morgan fingerprint density at radius 3 is 2.61 bits per heavy atom. The summed E-state index contributed by atoms with van der Waals surface area (Å²) in [7, 11) is 2.20. The van der Waals surface area contributed by atoms with Crippen LogP contribution in [-0.4, -0.2) is 31.6 Å². The Bertz CT molecular complexity index is 338. The van der Waals surface area contributed by atoms with E-state index in [1.165, 1.54) is 9.35 Å². The predicted octanol–water partition coefficient (Wildman–Crippen LogP) is 3.82. The lowest BCUT2D eigenvalue weighted by Gasteiger charge is -2.21. The number of hydrogen-bond acceptors (Lipinski definition) is 3. The second kappa shape index (κ2) is 8.31. The number of rotatable bonds is 8. The van der Waals surface area contributed by atoms with Crippen LogP contribution in [0.2, 0.25) is 0 Å². The van der Waals surface area contributed by atoms with Gasteiger partial charge in [0.2, 0.25) is 0 Å². The van der Waals surface area contributed by atoms with Gasteiger partial charge in [-0.25, -0.2) is 0 Å². The zero-order valence-electron chi connectivity index (χ0n) is 11.9. The van der Waals surface area contributed by atoms with Crippen molar-refractivity contribution in [1.29, 1.82) is 0 Å². The van der Waals surface area contributed by atoms with Crippen LogP contribution in [0.1, 0.15) is 26.3 Å². The first-order chi connectivity index (χ1) is 8.47. The molecular weight excluding hydrogens is 308 g/mol. The summed E-state index contributed by atoms with van der Waals surface area (Å²) in [6, 6.07) is 2.21. The molecule has 4 heteroatoms. The Hall–Kier alpha value is 0.100. The molecular formula is C14H25BrN2S. The van der Waals surface area contributed by atoms with Crippen molar-refractivity contribution in [2.75, 3.05) is 26.7 Å². The highest BCUT2D eigenvalue weighted by atomic mass is 79.9. The van der Waals surface area contributed by atoms with Gasteiger partial charge in [0.25, 0.3) is 0 Å². The van der Waals surface area contributed by atoms with E-state index in [4.69, 9.17) is 0 Å². The van der Waals surface area contributed by atoms with Gasteiger partial charge < -0.3 is 10.2 Å². The first-order valence-electron chi connectivity index (χ1n) is 6.59. The molecule has 0 amide bonds. The highest BCUT2D eigenvalue weighted by Crippen LogP contribution is 2.21. The summed E-state index contributed by atoms with van der Waals surface area (Å²) in [5.41, 5.74) is 1.40. The minimum atomic E-state index is 0.691. The molecule has 1 aromatic heterocycles. The molecule has 1 aromatic rings. The van der Waals surface area contributed by atoms with Gasteiger partial charge >= 0.3 is 0 Å². The Morgan fingerprint density at radius 2 is 2.06 bits per heavy atom. The average molecular weight is 333 g/mol. The van der Waals surface area contributed by atoms with E-state index in [9.17, 15) is 0 Å². The minimum Gasteiger partial charge on any atom is -0.316 e. The van der Waals surface area contributed by atoms with Gasteiger partial charge in [-0.2, -0.15) is 0 Å².